The molecule has 0 aromatic carbocycles. The fourth-order valence-corrected chi connectivity index (χ4v) is 4.98. The van der Waals surface area contributed by atoms with E-state index in [9.17, 15) is 0 Å². The minimum Gasteiger partial charge on any atom is -0.145 e. The van der Waals surface area contributed by atoms with Crippen molar-refractivity contribution in [1.29, 1.82) is 0 Å². The molecule has 0 atom stereocenters. The third kappa shape index (κ3) is 3.18. The molecule has 2 aromatic rings. The Hall–Kier alpha value is 0.270. The predicted molar refractivity (Wildman–Crippen MR) is 80.2 cm³/mol. The van der Waals surface area contributed by atoms with Crippen LogP contribution < -0.4 is 0 Å². The fraction of sp³-hybridized carbons (Fsp3) is 0.333. The summed E-state index contributed by atoms with van der Waals surface area (Å²) >= 11 is 21.8. The first kappa shape index (κ1) is 13.7. The summed E-state index contributed by atoms with van der Waals surface area (Å²) in [5.41, 5.74) is 0. The molecule has 0 amide bonds. The Kier molecular flexibility index (Phi) is 4.11. The van der Waals surface area contributed by atoms with Crippen LogP contribution in [0.1, 0.15) is 25.4 Å². The Morgan fingerprint density at radius 1 is 0.882 bits per heavy atom. The molecule has 0 saturated carbocycles. The fourth-order valence-electron chi connectivity index (χ4n) is 1.68. The quantitative estimate of drug-likeness (QED) is 0.600. The highest BCUT2D eigenvalue weighted by Crippen LogP contribution is 2.49. The van der Waals surface area contributed by atoms with Crippen LogP contribution >= 0.6 is 57.5 Å². The standard InChI is InChI=1S/C12H11Cl3S2/c1-7-3-5-9(16-7)11(12(13,14)15)10-6-4-8(2)17-10/h3-6,11H,1-2H3. The van der Waals surface area contributed by atoms with Gasteiger partial charge in [0, 0.05) is 19.5 Å². The Morgan fingerprint density at radius 3 is 1.53 bits per heavy atom. The monoisotopic (exact) mass is 324 g/mol. The van der Waals surface area contributed by atoms with Crippen LogP contribution in [0, 0.1) is 13.8 Å². The van der Waals surface area contributed by atoms with Gasteiger partial charge in [-0.3, -0.25) is 0 Å². The molecule has 5 heteroatoms. The molecule has 17 heavy (non-hydrogen) atoms. The van der Waals surface area contributed by atoms with Crippen LogP contribution in [0.5, 0.6) is 0 Å². The van der Waals surface area contributed by atoms with E-state index in [1.54, 1.807) is 22.7 Å². The molecule has 0 saturated heterocycles. The van der Waals surface area contributed by atoms with Crippen molar-refractivity contribution in [3.05, 3.63) is 43.8 Å². The number of thiophene rings is 2. The normalized spacial score (nSPS) is 12.4. The van der Waals surface area contributed by atoms with Crippen LogP contribution in [0.15, 0.2) is 24.3 Å². The molecular weight excluding hydrogens is 315 g/mol. The van der Waals surface area contributed by atoms with Crippen molar-refractivity contribution in [2.24, 2.45) is 0 Å². The summed E-state index contributed by atoms with van der Waals surface area (Å²) in [6.07, 6.45) is 0. The Bertz CT molecular complexity index is 468. The second kappa shape index (κ2) is 5.10. The van der Waals surface area contributed by atoms with E-state index in [2.05, 4.69) is 26.0 Å². The van der Waals surface area contributed by atoms with Crippen molar-refractivity contribution in [1.82, 2.24) is 0 Å². The van der Waals surface area contributed by atoms with Crippen molar-refractivity contribution >= 4 is 57.5 Å². The zero-order valence-electron chi connectivity index (χ0n) is 9.34. The summed E-state index contributed by atoms with van der Waals surface area (Å²) in [6.45, 7) is 4.12. The third-order valence-corrected chi connectivity index (χ3v) is 5.20. The molecule has 2 aromatic heterocycles. The molecule has 0 aliphatic rings. The number of hydrogen-bond acceptors (Lipinski definition) is 2. The second-order valence-corrected chi connectivity index (χ2v) is 8.88. The van der Waals surface area contributed by atoms with Crippen molar-refractivity contribution < 1.29 is 0 Å². The van der Waals surface area contributed by atoms with Crippen LogP contribution in [0.25, 0.3) is 0 Å². The lowest BCUT2D eigenvalue weighted by atomic mass is 10.1. The van der Waals surface area contributed by atoms with Gasteiger partial charge in [0.15, 0.2) is 0 Å². The summed E-state index contributed by atoms with van der Waals surface area (Å²) in [6, 6.07) is 8.21. The first-order valence-corrected chi connectivity index (χ1v) is 7.84. The highest BCUT2D eigenvalue weighted by Gasteiger charge is 2.37. The molecule has 2 rings (SSSR count). The van der Waals surface area contributed by atoms with Gasteiger partial charge in [-0.05, 0) is 38.1 Å². The molecule has 0 radical (unpaired) electrons. The summed E-state index contributed by atoms with van der Waals surface area (Å²) in [5.74, 6) is -0.176. The molecule has 2 heterocycles. The number of rotatable bonds is 2. The van der Waals surface area contributed by atoms with Gasteiger partial charge >= 0.3 is 0 Å². The Morgan fingerprint density at radius 2 is 1.29 bits per heavy atom. The van der Waals surface area contributed by atoms with Crippen LogP contribution in [0.3, 0.4) is 0 Å². The minimum atomic E-state index is -1.31. The Labute approximate surface area is 124 Å². The van der Waals surface area contributed by atoms with Gasteiger partial charge in [-0.25, -0.2) is 0 Å². The number of hydrogen-bond donors (Lipinski definition) is 0. The van der Waals surface area contributed by atoms with Crippen molar-refractivity contribution in [2.75, 3.05) is 0 Å². The smallest absolute Gasteiger partial charge is 0.145 e. The van der Waals surface area contributed by atoms with Gasteiger partial charge in [-0.1, -0.05) is 34.8 Å². The van der Waals surface area contributed by atoms with Crippen molar-refractivity contribution in [2.45, 2.75) is 23.6 Å². The molecule has 0 N–H and O–H groups in total. The SMILES string of the molecule is Cc1ccc(C(c2ccc(C)s2)C(Cl)(Cl)Cl)s1. The molecule has 0 aliphatic heterocycles. The first-order chi connectivity index (χ1) is 7.88. The van der Waals surface area contributed by atoms with E-state index in [4.69, 9.17) is 34.8 Å². The predicted octanol–water partition coefficient (Wildman–Crippen LogP) is 5.93. The van der Waals surface area contributed by atoms with Gasteiger partial charge in [0.1, 0.15) is 0 Å². The van der Waals surface area contributed by atoms with Gasteiger partial charge in [-0.2, -0.15) is 0 Å². The summed E-state index contributed by atoms with van der Waals surface area (Å²) in [4.78, 5) is 4.66. The van der Waals surface area contributed by atoms with Crippen LogP contribution in [0.4, 0.5) is 0 Å². The van der Waals surface area contributed by atoms with E-state index in [0.717, 1.165) is 9.75 Å². The number of halogens is 3. The van der Waals surface area contributed by atoms with Crippen molar-refractivity contribution in [3.63, 3.8) is 0 Å². The van der Waals surface area contributed by atoms with Gasteiger partial charge < -0.3 is 0 Å². The van der Waals surface area contributed by atoms with Crippen LogP contribution in [-0.4, -0.2) is 3.79 Å². The maximum atomic E-state index is 6.13. The van der Waals surface area contributed by atoms with E-state index in [-0.39, 0.29) is 5.92 Å². The van der Waals surface area contributed by atoms with E-state index >= 15 is 0 Å². The molecule has 0 bridgehead atoms. The van der Waals surface area contributed by atoms with E-state index in [1.165, 1.54) is 9.75 Å². The van der Waals surface area contributed by atoms with Gasteiger partial charge in [-0.15, -0.1) is 22.7 Å². The summed E-state index contributed by atoms with van der Waals surface area (Å²) in [7, 11) is 0. The highest BCUT2D eigenvalue weighted by molar-refractivity contribution is 7.13. The van der Waals surface area contributed by atoms with Gasteiger partial charge in [0.2, 0.25) is 3.79 Å². The lowest BCUT2D eigenvalue weighted by Crippen LogP contribution is -2.16. The molecule has 0 fully saturated rings. The minimum absolute atomic E-state index is 0.176. The maximum absolute atomic E-state index is 6.13. The molecule has 92 valence electrons. The van der Waals surface area contributed by atoms with Gasteiger partial charge in [0.05, 0.1) is 5.92 Å². The number of aryl methyl sites for hydroxylation is 2. The van der Waals surface area contributed by atoms with Crippen LogP contribution in [-0.2, 0) is 0 Å². The molecule has 0 nitrogen and oxygen atoms in total. The van der Waals surface area contributed by atoms with Gasteiger partial charge in [0.25, 0.3) is 0 Å². The summed E-state index contributed by atoms with van der Waals surface area (Å²) < 4.78 is -1.31. The average molecular weight is 326 g/mol. The average Bonchev–Trinajstić information content (AvgIpc) is 2.75. The van der Waals surface area contributed by atoms with E-state index < -0.39 is 3.79 Å². The molecule has 0 aliphatic carbocycles. The molecule has 0 unspecified atom stereocenters. The zero-order valence-corrected chi connectivity index (χ0v) is 13.2. The van der Waals surface area contributed by atoms with E-state index in [1.807, 2.05) is 12.1 Å². The largest absolute Gasteiger partial charge is 0.202 e. The van der Waals surface area contributed by atoms with Crippen LogP contribution in [0.2, 0.25) is 0 Å². The van der Waals surface area contributed by atoms with E-state index in [0.29, 0.717) is 0 Å². The lowest BCUT2D eigenvalue weighted by Gasteiger charge is -2.22. The van der Waals surface area contributed by atoms with Crippen molar-refractivity contribution in [3.8, 4) is 0 Å². The third-order valence-electron chi connectivity index (χ3n) is 2.42. The number of alkyl halides is 3. The Balaban J connectivity index is 2.46. The first-order valence-electron chi connectivity index (χ1n) is 5.07. The topological polar surface area (TPSA) is 0 Å². The summed E-state index contributed by atoms with van der Waals surface area (Å²) in [5, 5.41) is 0. The highest BCUT2D eigenvalue weighted by atomic mass is 35.6. The lowest BCUT2D eigenvalue weighted by molar-refractivity contribution is 0.879. The maximum Gasteiger partial charge on any atom is 0.202 e. The second-order valence-electron chi connectivity index (χ2n) is 3.87. The molecule has 0 spiro atoms. The molecular formula is C12H11Cl3S2. The zero-order chi connectivity index (χ0) is 12.6.